The molecule has 0 atom stereocenters. The number of nitrogens with one attached hydrogen (secondary N) is 1. The van der Waals surface area contributed by atoms with E-state index in [-0.39, 0.29) is 17.3 Å². The maximum atomic E-state index is 13.4. The molecule has 0 aromatic heterocycles. The van der Waals surface area contributed by atoms with Crippen molar-refractivity contribution in [1.29, 1.82) is 0 Å². The van der Waals surface area contributed by atoms with Crippen LogP contribution in [0.4, 0.5) is 5.69 Å². The van der Waals surface area contributed by atoms with Crippen LogP contribution in [-0.2, 0) is 14.8 Å². The number of anilines is 1. The molecule has 172 valence electrons. The van der Waals surface area contributed by atoms with E-state index in [1.165, 1.54) is 42.7 Å². The summed E-state index contributed by atoms with van der Waals surface area (Å²) in [7, 11) is -3.97. The molecule has 1 aliphatic carbocycles. The fraction of sp³-hybridized carbons (Fsp3) is 0.375. The Bertz CT molecular complexity index is 1030. The van der Waals surface area contributed by atoms with E-state index < -0.39 is 10.0 Å². The van der Waals surface area contributed by atoms with Crippen molar-refractivity contribution in [3.05, 3.63) is 65.2 Å². The van der Waals surface area contributed by atoms with Crippen LogP contribution in [0.3, 0.4) is 0 Å². The molecule has 1 N–H and O–H groups in total. The van der Waals surface area contributed by atoms with E-state index in [9.17, 15) is 13.2 Å². The van der Waals surface area contributed by atoms with Crippen LogP contribution in [0.15, 0.2) is 65.1 Å². The molecular weight excluding hydrogens is 448 g/mol. The van der Waals surface area contributed by atoms with Crippen LogP contribution in [-0.4, -0.2) is 34.0 Å². The van der Waals surface area contributed by atoms with E-state index in [0.717, 1.165) is 23.6 Å². The Balaban J connectivity index is 1.77. The molecule has 32 heavy (non-hydrogen) atoms. The molecule has 2 aromatic rings. The fourth-order valence-electron chi connectivity index (χ4n) is 3.60. The molecule has 0 spiro atoms. The molecule has 0 fully saturated rings. The van der Waals surface area contributed by atoms with Gasteiger partial charge in [0, 0.05) is 11.6 Å². The van der Waals surface area contributed by atoms with Gasteiger partial charge in [0.1, 0.15) is 12.3 Å². The van der Waals surface area contributed by atoms with Gasteiger partial charge < -0.3 is 10.1 Å². The number of sulfonamides is 1. The number of hydrogen-bond acceptors (Lipinski definition) is 4. The second-order valence-electron chi connectivity index (χ2n) is 7.60. The molecule has 1 amide bonds. The van der Waals surface area contributed by atoms with E-state index in [1.54, 1.807) is 24.3 Å². The van der Waals surface area contributed by atoms with Crippen LogP contribution in [0.5, 0.6) is 5.75 Å². The van der Waals surface area contributed by atoms with Crippen molar-refractivity contribution < 1.29 is 17.9 Å². The van der Waals surface area contributed by atoms with Crippen molar-refractivity contribution in [1.82, 2.24) is 5.32 Å². The Labute approximate surface area is 195 Å². The quantitative estimate of drug-likeness (QED) is 0.493. The Morgan fingerprint density at radius 3 is 2.44 bits per heavy atom. The Morgan fingerprint density at radius 2 is 1.81 bits per heavy atom. The average molecular weight is 477 g/mol. The van der Waals surface area contributed by atoms with Crippen LogP contribution in [0.1, 0.15) is 39.0 Å². The highest BCUT2D eigenvalue weighted by Crippen LogP contribution is 2.26. The molecule has 6 nitrogen and oxygen atoms in total. The number of rotatable bonds is 10. The lowest BCUT2D eigenvalue weighted by Gasteiger charge is -2.24. The highest BCUT2D eigenvalue weighted by Gasteiger charge is 2.27. The molecule has 0 radical (unpaired) electrons. The van der Waals surface area contributed by atoms with Gasteiger partial charge in [0.2, 0.25) is 5.91 Å². The van der Waals surface area contributed by atoms with Crippen LogP contribution >= 0.6 is 11.6 Å². The zero-order valence-electron chi connectivity index (χ0n) is 18.2. The first kappa shape index (κ1) is 24.1. The van der Waals surface area contributed by atoms with Gasteiger partial charge >= 0.3 is 0 Å². The summed E-state index contributed by atoms with van der Waals surface area (Å²) in [6.07, 6.45) is 7.60. The molecule has 0 saturated carbocycles. The Kier molecular flexibility index (Phi) is 8.59. The van der Waals surface area contributed by atoms with Gasteiger partial charge in [0.15, 0.2) is 0 Å². The van der Waals surface area contributed by atoms with Gasteiger partial charge in [-0.15, -0.1) is 0 Å². The van der Waals surface area contributed by atoms with E-state index in [0.29, 0.717) is 29.6 Å². The minimum Gasteiger partial charge on any atom is -0.494 e. The number of amides is 1. The van der Waals surface area contributed by atoms with E-state index in [2.05, 4.69) is 11.4 Å². The van der Waals surface area contributed by atoms with Crippen molar-refractivity contribution >= 4 is 33.2 Å². The zero-order chi connectivity index (χ0) is 23.0. The standard InChI is InChI=1S/C24H29ClN2O4S/c1-2-31-22-12-10-21(11-13-22)27(32(29,30)23-14-8-20(25)9-15-23)18-24(28)26-17-16-19-6-4-3-5-7-19/h6,8-15H,2-5,7,16-18H2,1H3,(H,26,28). The number of carbonyl (C=O) groups excluding carboxylic acids is 1. The number of nitrogens with zero attached hydrogens (tertiary/aromatic N) is 1. The van der Waals surface area contributed by atoms with E-state index in [1.807, 2.05) is 6.92 Å². The number of carbonyl (C=O) groups is 1. The zero-order valence-corrected chi connectivity index (χ0v) is 19.8. The summed E-state index contributed by atoms with van der Waals surface area (Å²) in [6.45, 7) is 2.55. The molecule has 0 aliphatic heterocycles. The molecule has 0 unspecified atom stereocenters. The van der Waals surface area contributed by atoms with Crippen molar-refractivity contribution in [3.63, 3.8) is 0 Å². The first-order valence-electron chi connectivity index (χ1n) is 10.9. The van der Waals surface area contributed by atoms with E-state index in [4.69, 9.17) is 16.3 Å². The highest BCUT2D eigenvalue weighted by atomic mass is 35.5. The third kappa shape index (κ3) is 6.50. The monoisotopic (exact) mass is 476 g/mol. The maximum absolute atomic E-state index is 13.4. The topological polar surface area (TPSA) is 75.7 Å². The molecule has 0 saturated heterocycles. The van der Waals surface area contributed by atoms with Gasteiger partial charge in [-0.3, -0.25) is 9.10 Å². The molecular formula is C24H29ClN2O4S. The number of benzene rings is 2. The molecule has 8 heteroatoms. The van der Waals surface area contributed by atoms with Crippen LogP contribution < -0.4 is 14.4 Å². The lowest BCUT2D eigenvalue weighted by atomic mass is 9.97. The summed E-state index contributed by atoms with van der Waals surface area (Å²) in [4.78, 5) is 12.8. The number of ether oxygens (including phenoxy) is 1. The second-order valence-corrected chi connectivity index (χ2v) is 9.90. The van der Waals surface area contributed by atoms with Gasteiger partial charge in [0.25, 0.3) is 10.0 Å². The predicted molar refractivity (Wildman–Crippen MR) is 128 cm³/mol. The van der Waals surface area contributed by atoms with E-state index >= 15 is 0 Å². The van der Waals surface area contributed by atoms with Crippen LogP contribution in [0.2, 0.25) is 5.02 Å². The fourth-order valence-corrected chi connectivity index (χ4v) is 5.15. The summed E-state index contributed by atoms with van der Waals surface area (Å²) in [5.74, 6) is 0.276. The number of allylic oxidation sites excluding steroid dienone is 1. The van der Waals surface area contributed by atoms with Crippen molar-refractivity contribution in [3.8, 4) is 5.75 Å². The largest absolute Gasteiger partial charge is 0.494 e. The number of hydrogen-bond donors (Lipinski definition) is 1. The summed E-state index contributed by atoms with van der Waals surface area (Å²) in [5, 5.41) is 3.30. The molecule has 0 bridgehead atoms. The predicted octanol–water partition coefficient (Wildman–Crippen LogP) is 4.94. The smallest absolute Gasteiger partial charge is 0.264 e. The summed E-state index contributed by atoms with van der Waals surface area (Å²) < 4.78 is 33.3. The lowest BCUT2D eigenvalue weighted by molar-refractivity contribution is -0.119. The first-order chi connectivity index (χ1) is 15.4. The SMILES string of the molecule is CCOc1ccc(N(CC(=O)NCCC2=CCCCC2)S(=O)(=O)c2ccc(Cl)cc2)cc1. The minimum absolute atomic E-state index is 0.0657. The van der Waals surface area contributed by atoms with Gasteiger partial charge in [-0.2, -0.15) is 0 Å². The third-order valence-corrected chi connectivity index (χ3v) is 7.32. The van der Waals surface area contributed by atoms with Gasteiger partial charge in [-0.05, 0) is 87.6 Å². The average Bonchev–Trinajstić information content (AvgIpc) is 2.79. The molecule has 3 rings (SSSR count). The summed E-state index contributed by atoms with van der Waals surface area (Å²) in [5.41, 5.74) is 1.74. The van der Waals surface area contributed by atoms with Gasteiger partial charge in [0.05, 0.1) is 17.2 Å². The molecule has 0 heterocycles. The normalized spacial score (nSPS) is 13.9. The van der Waals surface area contributed by atoms with Gasteiger partial charge in [-0.25, -0.2) is 8.42 Å². The van der Waals surface area contributed by atoms with Crippen LogP contribution in [0, 0.1) is 0 Å². The Morgan fingerprint density at radius 1 is 1.09 bits per heavy atom. The van der Waals surface area contributed by atoms with Crippen molar-refractivity contribution in [2.24, 2.45) is 0 Å². The summed E-state index contributed by atoms with van der Waals surface area (Å²) in [6, 6.07) is 12.6. The number of halogens is 1. The van der Waals surface area contributed by atoms with Crippen LogP contribution in [0.25, 0.3) is 0 Å². The van der Waals surface area contributed by atoms with Crippen molar-refractivity contribution in [2.45, 2.75) is 43.9 Å². The maximum Gasteiger partial charge on any atom is 0.264 e. The Hall–Kier alpha value is -2.51. The van der Waals surface area contributed by atoms with Crippen molar-refractivity contribution in [2.75, 3.05) is 24.0 Å². The third-order valence-electron chi connectivity index (χ3n) is 5.28. The first-order valence-corrected chi connectivity index (χ1v) is 12.7. The highest BCUT2D eigenvalue weighted by molar-refractivity contribution is 7.92. The molecule has 2 aromatic carbocycles. The lowest BCUT2D eigenvalue weighted by Crippen LogP contribution is -2.41. The second kappa shape index (κ2) is 11.4. The minimum atomic E-state index is -3.97. The molecule has 1 aliphatic rings. The van der Waals surface area contributed by atoms with Gasteiger partial charge in [-0.1, -0.05) is 23.3 Å². The summed E-state index contributed by atoms with van der Waals surface area (Å²) >= 11 is 5.92.